The number of ether oxygens (including phenoxy) is 1. The Morgan fingerprint density at radius 3 is 2.57 bits per heavy atom. The minimum atomic E-state index is -0.452. The number of carbonyl (C=O) groups is 1. The van der Waals surface area contributed by atoms with Gasteiger partial charge in [-0.3, -0.25) is 14.9 Å². The first kappa shape index (κ1) is 23.7. The van der Waals surface area contributed by atoms with Crippen LogP contribution in [0.15, 0.2) is 77.9 Å². The van der Waals surface area contributed by atoms with E-state index in [0.29, 0.717) is 23.1 Å². The quantitative estimate of drug-likeness (QED) is 0.127. The van der Waals surface area contributed by atoms with Crippen LogP contribution in [0.2, 0.25) is 0 Å². The Hall–Kier alpha value is -4.46. The minimum Gasteiger partial charge on any atom is -0.494 e. The van der Waals surface area contributed by atoms with Gasteiger partial charge in [0.2, 0.25) is 0 Å². The highest BCUT2D eigenvalue weighted by atomic mass is 16.6. The van der Waals surface area contributed by atoms with Crippen LogP contribution >= 0.6 is 0 Å². The average Bonchev–Trinajstić information content (AvgIpc) is 3.27. The lowest BCUT2D eigenvalue weighted by Crippen LogP contribution is -2.18. The standard InChI is InChI=1S/C27H26N4O4/c1-2-3-7-16-35-22-13-10-19(11-14-22)18-28-30-27(32)26-25(20-8-5-4-6-9-20)23-17-21(31(33)34)12-15-24(23)29-26/h4-6,8-15,17-18,29H,2-3,7,16H2,1H3,(H,30,32). The number of H-pyrrole nitrogens is 1. The SMILES string of the molecule is CCCCCOc1ccc(C=NNC(=O)c2[nH]c3ccc([N+](=O)[O-])cc3c2-c2ccccc2)cc1. The zero-order chi connectivity index (χ0) is 24.6. The van der Waals surface area contributed by atoms with Crippen molar-refractivity contribution in [3.8, 4) is 16.9 Å². The Kier molecular flexibility index (Phi) is 7.52. The second-order valence-electron chi connectivity index (χ2n) is 8.05. The number of aromatic nitrogens is 1. The highest BCUT2D eigenvalue weighted by Crippen LogP contribution is 2.34. The Bertz CT molecular complexity index is 1350. The lowest BCUT2D eigenvalue weighted by molar-refractivity contribution is -0.384. The van der Waals surface area contributed by atoms with Crippen molar-refractivity contribution in [2.24, 2.45) is 5.10 Å². The summed E-state index contributed by atoms with van der Waals surface area (Å²) in [5.41, 5.74) is 5.57. The highest BCUT2D eigenvalue weighted by molar-refractivity contribution is 6.10. The first-order valence-electron chi connectivity index (χ1n) is 11.5. The maximum Gasteiger partial charge on any atom is 0.288 e. The molecule has 0 aliphatic carbocycles. The molecule has 1 amide bonds. The summed E-state index contributed by atoms with van der Waals surface area (Å²) in [4.78, 5) is 27.0. The minimum absolute atomic E-state index is 0.0450. The number of rotatable bonds is 10. The first-order chi connectivity index (χ1) is 17.1. The van der Waals surface area contributed by atoms with Crippen LogP contribution in [0.5, 0.6) is 5.75 Å². The third-order valence-corrected chi connectivity index (χ3v) is 5.56. The van der Waals surface area contributed by atoms with Crippen LogP contribution in [0, 0.1) is 10.1 Å². The van der Waals surface area contributed by atoms with Gasteiger partial charge >= 0.3 is 0 Å². The van der Waals surface area contributed by atoms with E-state index in [0.717, 1.165) is 36.1 Å². The molecule has 0 spiro atoms. The predicted octanol–water partition coefficient (Wildman–Crippen LogP) is 6.08. The molecule has 2 N–H and O–H groups in total. The van der Waals surface area contributed by atoms with E-state index in [4.69, 9.17) is 4.74 Å². The normalized spacial score (nSPS) is 11.1. The molecule has 4 aromatic rings. The molecule has 1 aromatic heterocycles. The second kappa shape index (κ2) is 11.1. The van der Waals surface area contributed by atoms with Crippen LogP contribution < -0.4 is 10.2 Å². The van der Waals surface area contributed by atoms with E-state index in [-0.39, 0.29) is 11.4 Å². The van der Waals surface area contributed by atoms with E-state index in [1.807, 2.05) is 54.6 Å². The van der Waals surface area contributed by atoms with Crippen molar-refractivity contribution in [1.29, 1.82) is 0 Å². The summed E-state index contributed by atoms with van der Waals surface area (Å²) in [6.45, 7) is 2.84. The molecule has 0 radical (unpaired) electrons. The van der Waals surface area contributed by atoms with Crippen LogP contribution in [0.3, 0.4) is 0 Å². The number of fused-ring (bicyclic) bond motifs is 1. The molecule has 4 rings (SSSR count). The number of nitro benzene ring substituents is 1. The van der Waals surface area contributed by atoms with Gasteiger partial charge in [0.1, 0.15) is 11.4 Å². The Morgan fingerprint density at radius 1 is 1.09 bits per heavy atom. The van der Waals surface area contributed by atoms with Gasteiger partial charge in [0.15, 0.2) is 0 Å². The summed E-state index contributed by atoms with van der Waals surface area (Å²) >= 11 is 0. The molecule has 0 unspecified atom stereocenters. The van der Waals surface area contributed by atoms with Crippen LogP contribution in [-0.2, 0) is 0 Å². The lowest BCUT2D eigenvalue weighted by Gasteiger charge is -2.06. The van der Waals surface area contributed by atoms with Gasteiger partial charge in [0.05, 0.1) is 17.7 Å². The number of hydrazone groups is 1. The molecule has 0 fully saturated rings. The predicted molar refractivity (Wildman–Crippen MR) is 137 cm³/mol. The van der Waals surface area contributed by atoms with Crippen molar-refractivity contribution < 1.29 is 14.5 Å². The van der Waals surface area contributed by atoms with Gasteiger partial charge in [-0.25, -0.2) is 5.43 Å². The fourth-order valence-corrected chi connectivity index (χ4v) is 3.78. The molecule has 8 heteroatoms. The van der Waals surface area contributed by atoms with Crippen molar-refractivity contribution in [3.63, 3.8) is 0 Å². The maximum atomic E-state index is 13.0. The zero-order valence-corrected chi connectivity index (χ0v) is 19.4. The number of aromatic amines is 1. The molecule has 178 valence electrons. The number of hydrogen-bond acceptors (Lipinski definition) is 5. The average molecular weight is 471 g/mol. The third kappa shape index (κ3) is 5.73. The smallest absolute Gasteiger partial charge is 0.288 e. The number of nitro groups is 1. The van der Waals surface area contributed by atoms with Crippen molar-refractivity contribution in [3.05, 3.63) is 94.2 Å². The molecule has 0 aliphatic rings. The largest absolute Gasteiger partial charge is 0.494 e. The number of hydrogen-bond donors (Lipinski definition) is 2. The molecule has 0 atom stereocenters. The number of benzene rings is 3. The summed E-state index contributed by atoms with van der Waals surface area (Å²) in [5, 5.41) is 16.0. The molecule has 0 saturated carbocycles. The Labute approximate surface area is 202 Å². The first-order valence-corrected chi connectivity index (χ1v) is 11.5. The van der Waals surface area contributed by atoms with E-state index in [1.165, 1.54) is 12.1 Å². The Balaban J connectivity index is 1.53. The number of amides is 1. The molecule has 0 aliphatic heterocycles. The van der Waals surface area contributed by atoms with E-state index in [1.54, 1.807) is 12.3 Å². The maximum absolute atomic E-state index is 13.0. The van der Waals surface area contributed by atoms with Crippen molar-refractivity contribution >= 4 is 28.7 Å². The van der Waals surface area contributed by atoms with Crippen LogP contribution in [0.1, 0.15) is 42.2 Å². The van der Waals surface area contributed by atoms with Gasteiger partial charge < -0.3 is 9.72 Å². The van der Waals surface area contributed by atoms with Gasteiger partial charge in [-0.05, 0) is 47.9 Å². The number of non-ortho nitro benzene ring substituents is 1. The van der Waals surface area contributed by atoms with E-state index >= 15 is 0 Å². The Morgan fingerprint density at radius 2 is 1.86 bits per heavy atom. The highest BCUT2D eigenvalue weighted by Gasteiger charge is 2.21. The number of nitrogens with zero attached hydrogens (tertiary/aromatic N) is 2. The molecular formula is C27H26N4O4. The molecule has 3 aromatic carbocycles. The molecular weight excluding hydrogens is 444 g/mol. The van der Waals surface area contributed by atoms with Crippen molar-refractivity contribution in [2.75, 3.05) is 6.61 Å². The van der Waals surface area contributed by atoms with Gasteiger partial charge in [-0.1, -0.05) is 50.1 Å². The van der Waals surface area contributed by atoms with Crippen LogP contribution in [0.4, 0.5) is 5.69 Å². The fourth-order valence-electron chi connectivity index (χ4n) is 3.78. The number of carbonyl (C=O) groups excluding carboxylic acids is 1. The second-order valence-corrected chi connectivity index (χ2v) is 8.05. The van der Waals surface area contributed by atoms with E-state index in [2.05, 4.69) is 22.4 Å². The summed E-state index contributed by atoms with van der Waals surface area (Å²) in [5.74, 6) is 0.344. The molecule has 0 bridgehead atoms. The van der Waals surface area contributed by atoms with Crippen LogP contribution in [0.25, 0.3) is 22.0 Å². The number of nitrogens with one attached hydrogen (secondary N) is 2. The molecule has 0 saturated heterocycles. The summed E-state index contributed by atoms with van der Waals surface area (Å²) < 4.78 is 5.71. The number of unbranched alkanes of at least 4 members (excludes halogenated alkanes) is 2. The van der Waals surface area contributed by atoms with Crippen molar-refractivity contribution in [2.45, 2.75) is 26.2 Å². The fraction of sp³-hybridized carbons (Fsp3) is 0.185. The van der Waals surface area contributed by atoms with Gasteiger partial charge in [0, 0.05) is 28.6 Å². The zero-order valence-electron chi connectivity index (χ0n) is 19.4. The van der Waals surface area contributed by atoms with Gasteiger partial charge in [0.25, 0.3) is 11.6 Å². The van der Waals surface area contributed by atoms with Gasteiger partial charge in [-0.15, -0.1) is 0 Å². The van der Waals surface area contributed by atoms with Gasteiger partial charge in [-0.2, -0.15) is 5.10 Å². The summed E-state index contributed by atoms with van der Waals surface area (Å²) in [6, 6.07) is 21.2. The monoisotopic (exact) mass is 470 g/mol. The van der Waals surface area contributed by atoms with Crippen molar-refractivity contribution in [1.82, 2.24) is 10.4 Å². The molecule has 35 heavy (non-hydrogen) atoms. The lowest BCUT2D eigenvalue weighted by atomic mass is 10.0. The van der Waals surface area contributed by atoms with E-state index < -0.39 is 10.8 Å². The molecule has 8 nitrogen and oxygen atoms in total. The summed E-state index contributed by atoms with van der Waals surface area (Å²) in [6.07, 6.45) is 4.87. The summed E-state index contributed by atoms with van der Waals surface area (Å²) in [7, 11) is 0. The van der Waals surface area contributed by atoms with Crippen LogP contribution in [-0.4, -0.2) is 28.6 Å². The van der Waals surface area contributed by atoms with E-state index in [9.17, 15) is 14.9 Å². The third-order valence-electron chi connectivity index (χ3n) is 5.56. The topological polar surface area (TPSA) is 110 Å². The molecule has 1 heterocycles.